The summed E-state index contributed by atoms with van der Waals surface area (Å²) in [6, 6.07) is 14.4. The minimum Gasteiger partial charge on any atom is -0.350 e. The number of hydrogen-bond acceptors (Lipinski definition) is 4. The normalized spacial score (nSPS) is 12.2. The maximum Gasteiger partial charge on any atom is 0.254 e. The average molecular weight is 392 g/mol. The molecule has 1 aromatic carbocycles. The highest BCUT2D eigenvalue weighted by Crippen LogP contribution is 2.19. The second-order valence-corrected chi connectivity index (χ2v) is 7.24. The maximum absolute atomic E-state index is 12.9. The molecule has 6 heteroatoms. The van der Waals surface area contributed by atoms with Gasteiger partial charge in [-0.1, -0.05) is 44.2 Å². The van der Waals surface area contributed by atoms with Gasteiger partial charge in [0, 0.05) is 12.7 Å². The molecular weight excluding hydrogens is 362 g/mol. The molecule has 0 saturated carbocycles. The van der Waals surface area contributed by atoms with Crippen molar-refractivity contribution in [1.29, 1.82) is 0 Å². The van der Waals surface area contributed by atoms with Crippen molar-refractivity contribution in [3.63, 3.8) is 0 Å². The van der Waals surface area contributed by atoms with Crippen LogP contribution in [0.25, 0.3) is 5.82 Å². The van der Waals surface area contributed by atoms with E-state index in [2.05, 4.69) is 51.5 Å². The molecule has 0 saturated heterocycles. The number of benzene rings is 1. The van der Waals surface area contributed by atoms with E-state index in [1.165, 1.54) is 11.1 Å². The molecule has 0 radical (unpaired) electrons. The monoisotopic (exact) mass is 391 g/mol. The number of carbonyl (C=O) groups is 1. The molecule has 0 aliphatic carbocycles. The zero-order valence-corrected chi connectivity index (χ0v) is 17.6. The van der Waals surface area contributed by atoms with Crippen molar-refractivity contribution in [2.45, 2.75) is 32.7 Å². The van der Waals surface area contributed by atoms with Gasteiger partial charge in [-0.3, -0.25) is 4.79 Å². The fourth-order valence-electron chi connectivity index (χ4n) is 3.44. The first kappa shape index (κ1) is 20.7. The molecule has 0 spiro atoms. The van der Waals surface area contributed by atoms with E-state index in [0.29, 0.717) is 24.3 Å². The van der Waals surface area contributed by atoms with Crippen LogP contribution in [0.4, 0.5) is 0 Å². The van der Waals surface area contributed by atoms with Gasteiger partial charge in [0.1, 0.15) is 0 Å². The van der Waals surface area contributed by atoms with Crippen LogP contribution < -0.4 is 5.32 Å². The highest BCUT2D eigenvalue weighted by Gasteiger charge is 2.20. The lowest BCUT2D eigenvalue weighted by atomic mass is 10.0. The zero-order valence-electron chi connectivity index (χ0n) is 17.6. The van der Waals surface area contributed by atoms with Crippen LogP contribution in [0.2, 0.25) is 0 Å². The van der Waals surface area contributed by atoms with Crippen molar-refractivity contribution in [2.75, 3.05) is 20.6 Å². The fraction of sp³-hybridized carbons (Fsp3) is 0.348. The van der Waals surface area contributed by atoms with E-state index in [1.54, 1.807) is 17.1 Å². The van der Waals surface area contributed by atoms with Crippen LogP contribution >= 0.6 is 0 Å². The highest BCUT2D eigenvalue weighted by molar-refractivity contribution is 5.95. The topological polar surface area (TPSA) is 63.1 Å². The summed E-state index contributed by atoms with van der Waals surface area (Å²) in [6.07, 6.45) is 5.06. The Morgan fingerprint density at radius 2 is 1.86 bits per heavy atom. The Morgan fingerprint density at radius 1 is 1.10 bits per heavy atom. The molecule has 3 aromatic rings. The Labute approximate surface area is 172 Å². The van der Waals surface area contributed by atoms with Gasteiger partial charge in [0.15, 0.2) is 5.82 Å². The molecule has 2 heterocycles. The van der Waals surface area contributed by atoms with E-state index < -0.39 is 0 Å². The number of aryl methyl sites for hydroxylation is 1. The number of carbonyl (C=O) groups excluding carboxylic acids is 1. The van der Waals surface area contributed by atoms with Crippen molar-refractivity contribution in [1.82, 2.24) is 25.0 Å². The van der Waals surface area contributed by atoms with E-state index >= 15 is 0 Å². The lowest BCUT2D eigenvalue weighted by Crippen LogP contribution is -2.34. The van der Waals surface area contributed by atoms with Crippen LogP contribution in [0.1, 0.15) is 47.1 Å². The largest absolute Gasteiger partial charge is 0.350 e. The summed E-state index contributed by atoms with van der Waals surface area (Å²) in [4.78, 5) is 19.4. The predicted octanol–water partition coefficient (Wildman–Crippen LogP) is 3.42. The fourth-order valence-corrected chi connectivity index (χ4v) is 3.44. The number of nitrogens with one attached hydrogen (secondary N) is 1. The lowest BCUT2D eigenvalue weighted by Gasteiger charge is -2.25. The van der Waals surface area contributed by atoms with Crippen LogP contribution in [0, 0.1) is 0 Å². The Hall–Kier alpha value is -2.99. The Bertz CT molecular complexity index is 932. The Morgan fingerprint density at radius 3 is 2.45 bits per heavy atom. The van der Waals surface area contributed by atoms with E-state index in [-0.39, 0.29) is 11.9 Å². The molecule has 152 valence electrons. The molecule has 1 unspecified atom stereocenters. The highest BCUT2D eigenvalue weighted by atomic mass is 16.1. The molecule has 3 rings (SSSR count). The first-order valence-electron chi connectivity index (χ1n) is 10.1. The molecule has 2 aromatic heterocycles. The van der Waals surface area contributed by atoms with E-state index in [0.717, 1.165) is 12.1 Å². The van der Waals surface area contributed by atoms with E-state index in [1.807, 2.05) is 39.2 Å². The van der Waals surface area contributed by atoms with Gasteiger partial charge in [-0.2, -0.15) is 5.10 Å². The van der Waals surface area contributed by atoms with Gasteiger partial charge >= 0.3 is 0 Å². The minimum atomic E-state index is -0.110. The van der Waals surface area contributed by atoms with Crippen LogP contribution in [0.15, 0.2) is 54.9 Å². The standard InChI is InChI=1S/C23H29N5O/c1-5-17-10-12-18(13-11-17)21(27(3)4)16-25-23(29)19-15-26-28(20(19)6-2)22-9-7-8-14-24-22/h7-15,21H,5-6,16H2,1-4H3,(H,25,29). The van der Waals surface area contributed by atoms with E-state index in [9.17, 15) is 4.79 Å². The maximum atomic E-state index is 12.9. The van der Waals surface area contributed by atoms with Gasteiger partial charge in [0.2, 0.25) is 0 Å². The van der Waals surface area contributed by atoms with Gasteiger partial charge in [-0.15, -0.1) is 0 Å². The summed E-state index contributed by atoms with van der Waals surface area (Å²) < 4.78 is 1.74. The van der Waals surface area contributed by atoms with Crippen molar-refractivity contribution in [2.24, 2.45) is 0 Å². The third-order valence-corrected chi connectivity index (χ3v) is 5.17. The lowest BCUT2D eigenvalue weighted by molar-refractivity contribution is 0.0941. The van der Waals surface area contributed by atoms with Crippen molar-refractivity contribution >= 4 is 5.91 Å². The predicted molar refractivity (Wildman–Crippen MR) is 115 cm³/mol. The molecule has 0 aliphatic heterocycles. The molecule has 1 amide bonds. The summed E-state index contributed by atoms with van der Waals surface area (Å²) in [6.45, 7) is 4.69. The van der Waals surface area contributed by atoms with Crippen molar-refractivity contribution in [3.05, 3.63) is 77.2 Å². The molecule has 1 atom stereocenters. The number of nitrogens with zero attached hydrogens (tertiary/aromatic N) is 4. The summed E-state index contributed by atoms with van der Waals surface area (Å²) in [5.74, 6) is 0.603. The number of likely N-dealkylation sites (N-methyl/N-ethyl adjacent to an activating group) is 1. The third-order valence-electron chi connectivity index (χ3n) is 5.17. The number of amides is 1. The van der Waals surface area contributed by atoms with Crippen LogP contribution in [-0.4, -0.2) is 46.2 Å². The molecule has 0 fully saturated rings. The smallest absolute Gasteiger partial charge is 0.254 e. The molecule has 29 heavy (non-hydrogen) atoms. The first-order chi connectivity index (χ1) is 14.0. The number of hydrogen-bond donors (Lipinski definition) is 1. The second-order valence-electron chi connectivity index (χ2n) is 7.24. The summed E-state index contributed by atoms with van der Waals surface area (Å²) in [5.41, 5.74) is 3.95. The third kappa shape index (κ3) is 4.71. The summed E-state index contributed by atoms with van der Waals surface area (Å²) >= 11 is 0. The van der Waals surface area contributed by atoms with Crippen LogP contribution in [-0.2, 0) is 12.8 Å². The average Bonchev–Trinajstić information content (AvgIpc) is 3.19. The minimum absolute atomic E-state index is 0.0979. The zero-order chi connectivity index (χ0) is 20.8. The number of aromatic nitrogens is 3. The molecule has 0 bridgehead atoms. The van der Waals surface area contributed by atoms with Gasteiger partial charge < -0.3 is 10.2 Å². The Balaban J connectivity index is 1.76. The van der Waals surface area contributed by atoms with Gasteiger partial charge in [-0.25, -0.2) is 9.67 Å². The van der Waals surface area contributed by atoms with Crippen LogP contribution in [0.5, 0.6) is 0 Å². The molecule has 1 N–H and O–H groups in total. The summed E-state index contributed by atoms with van der Waals surface area (Å²) in [5, 5.41) is 7.49. The molecular formula is C23H29N5O. The second kappa shape index (κ2) is 9.47. The van der Waals surface area contributed by atoms with Gasteiger partial charge in [0.25, 0.3) is 5.91 Å². The van der Waals surface area contributed by atoms with E-state index in [4.69, 9.17) is 0 Å². The quantitative estimate of drug-likeness (QED) is 0.639. The van der Waals surface area contributed by atoms with Crippen molar-refractivity contribution < 1.29 is 4.79 Å². The Kier molecular flexibility index (Phi) is 6.77. The SMILES string of the molecule is CCc1ccc(C(CNC(=O)c2cnn(-c3ccccn3)c2CC)N(C)C)cc1. The molecule has 0 aliphatic rings. The molecule has 6 nitrogen and oxygen atoms in total. The first-order valence-corrected chi connectivity index (χ1v) is 10.1. The van der Waals surface area contributed by atoms with Gasteiger partial charge in [0.05, 0.1) is 23.5 Å². The summed E-state index contributed by atoms with van der Waals surface area (Å²) in [7, 11) is 4.06. The van der Waals surface area contributed by atoms with Crippen molar-refractivity contribution in [3.8, 4) is 5.82 Å². The van der Waals surface area contributed by atoms with Crippen LogP contribution in [0.3, 0.4) is 0 Å². The number of pyridine rings is 1. The van der Waals surface area contributed by atoms with Gasteiger partial charge in [-0.05, 0) is 50.2 Å². The number of rotatable bonds is 8.